The number of thioether (sulfide) groups is 1. The highest BCUT2D eigenvalue weighted by Gasteiger charge is 2.09. The molecule has 0 aliphatic carbocycles. The molecule has 0 saturated heterocycles. The number of anilines is 1. The van der Waals surface area contributed by atoms with Gasteiger partial charge in [-0.3, -0.25) is 0 Å². The molecule has 0 aliphatic rings. The van der Waals surface area contributed by atoms with Crippen molar-refractivity contribution in [1.82, 2.24) is 0 Å². The summed E-state index contributed by atoms with van der Waals surface area (Å²) in [5.74, 6) is 2.20. The van der Waals surface area contributed by atoms with Crippen molar-refractivity contribution < 1.29 is 14.2 Å². The van der Waals surface area contributed by atoms with Crippen molar-refractivity contribution in [2.24, 2.45) is 0 Å². The Balaban J connectivity index is 2.84. The molecule has 0 fully saturated rings. The fraction of sp³-hybridized carbons (Fsp3) is 0.455. The summed E-state index contributed by atoms with van der Waals surface area (Å²) in [4.78, 5) is 0.981. The van der Waals surface area contributed by atoms with Gasteiger partial charge in [0.1, 0.15) is 0 Å². The van der Waals surface area contributed by atoms with Crippen LogP contribution in [0.4, 0.5) is 5.69 Å². The van der Waals surface area contributed by atoms with Crippen molar-refractivity contribution >= 4 is 17.4 Å². The minimum atomic E-state index is 0.649. The zero-order valence-electron chi connectivity index (χ0n) is 9.78. The summed E-state index contributed by atoms with van der Waals surface area (Å²) >= 11 is 1.63. The van der Waals surface area contributed by atoms with Gasteiger partial charge >= 0.3 is 0 Å². The minimum Gasteiger partial charge on any atom is -0.493 e. The first-order chi connectivity index (χ1) is 7.72. The maximum atomic E-state index is 5.91. The summed E-state index contributed by atoms with van der Waals surface area (Å²) in [6.07, 6.45) is 0. The molecule has 0 aromatic heterocycles. The van der Waals surface area contributed by atoms with Gasteiger partial charge in [-0.2, -0.15) is 0 Å². The first-order valence-electron chi connectivity index (χ1n) is 4.86. The van der Waals surface area contributed by atoms with Crippen LogP contribution >= 0.6 is 11.8 Å². The normalized spacial score (nSPS) is 10.2. The van der Waals surface area contributed by atoms with E-state index in [-0.39, 0.29) is 0 Å². The largest absolute Gasteiger partial charge is 0.493 e. The summed E-state index contributed by atoms with van der Waals surface area (Å²) in [5.41, 5.74) is 6.60. The van der Waals surface area contributed by atoms with Crippen LogP contribution < -0.4 is 15.2 Å². The molecular formula is C11H17NO3S. The number of ether oxygens (including phenoxy) is 3. The lowest BCUT2D eigenvalue weighted by atomic mass is 10.3. The SMILES string of the molecule is COCCSc1cc(OC)c(OC)cc1N. The van der Waals surface area contributed by atoms with Crippen LogP contribution in [0.2, 0.25) is 0 Å². The molecule has 5 heteroatoms. The van der Waals surface area contributed by atoms with E-state index in [2.05, 4.69) is 0 Å². The monoisotopic (exact) mass is 243 g/mol. The third-order valence-electron chi connectivity index (χ3n) is 2.06. The first-order valence-corrected chi connectivity index (χ1v) is 5.84. The van der Waals surface area contributed by atoms with Gasteiger partial charge in [0.15, 0.2) is 11.5 Å². The second kappa shape index (κ2) is 6.50. The molecule has 1 aromatic rings. The Hall–Kier alpha value is -1.07. The molecule has 0 unspecified atom stereocenters. The summed E-state index contributed by atoms with van der Waals surface area (Å²) < 4.78 is 15.4. The molecule has 0 heterocycles. The van der Waals surface area contributed by atoms with Crippen molar-refractivity contribution in [2.75, 3.05) is 39.4 Å². The van der Waals surface area contributed by atoms with Gasteiger partial charge in [-0.1, -0.05) is 0 Å². The lowest BCUT2D eigenvalue weighted by molar-refractivity contribution is 0.218. The molecule has 1 aromatic carbocycles. The van der Waals surface area contributed by atoms with E-state index < -0.39 is 0 Å². The summed E-state index contributed by atoms with van der Waals surface area (Å²) in [7, 11) is 4.88. The van der Waals surface area contributed by atoms with Crippen molar-refractivity contribution in [3.8, 4) is 11.5 Å². The third kappa shape index (κ3) is 3.21. The van der Waals surface area contributed by atoms with Crippen LogP contribution in [0.3, 0.4) is 0 Å². The Labute approximate surface area is 100 Å². The molecule has 4 nitrogen and oxygen atoms in total. The first kappa shape index (κ1) is 13.0. The molecule has 0 spiro atoms. The predicted octanol–water partition coefficient (Wildman–Crippen LogP) is 2.02. The molecule has 0 amide bonds. The van der Waals surface area contributed by atoms with Crippen LogP contribution in [0.15, 0.2) is 17.0 Å². The number of hydrogen-bond donors (Lipinski definition) is 1. The van der Waals surface area contributed by atoms with Crippen molar-refractivity contribution in [2.45, 2.75) is 4.90 Å². The highest BCUT2D eigenvalue weighted by atomic mass is 32.2. The van der Waals surface area contributed by atoms with E-state index in [0.29, 0.717) is 23.8 Å². The van der Waals surface area contributed by atoms with Crippen LogP contribution in [-0.4, -0.2) is 33.7 Å². The quantitative estimate of drug-likeness (QED) is 0.470. The van der Waals surface area contributed by atoms with Crippen molar-refractivity contribution in [3.63, 3.8) is 0 Å². The van der Waals surface area contributed by atoms with E-state index in [1.54, 1.807) is 39.2 Å². The van der Waals surface area contributed by atoms with Gasteiger partial charge in [0, 0.05) is 29.5 Å². The number of nitrogens with two attached hydrogens (primary N) is 1. The second-order valence-electron chi connectivity index (χ2n) is 3.09. The van der Waals surface area contributed by atoms with Gasteiger partial charge in [0.25, 0.3) is 0 Å². The summed E-state index contributed by atoms with van der Waals surface area (Å²) in [6.45, 7) is 0.693. The van der Waals surface area contributed by atoms with E-state index in [4.69, 9.17) is 19.9 Å². The Morgan fingerprint density at radius 3 is 2.31 bits per heavy atom. The van der Waals surface area contributed by atoms with Gasteiger partial charge in [0.05, 0.1) is 20.8 Å². The van der Waals surface area contributed by atoms with Crippen LogP contribution in [0.1, 0.15) is 0 Å². The summed E-state index contributed by atoms with van der Waals surface area (Å²) in [6, 6.07) is 3.66. The molecule has 1 rings (SSSR count). The molecular weight excluding hydrogens is 226 g/mol. The van der Waals surface area contributed by atoms with Gasteiger partial charge in [-0.15, -0.1) is 11.8 Å². The molecule has 2 N–H and O–H groups in total. The van der Waals surface area contributed by atoms with E-state index in [9.17, 15) is 0 Å². The van der Waals surface area contributed by atoms with Crippen molar-refractivity contribution in [3.05, 3.63) is 12.1 Å². The molecule has 0 bridgehead atoms. The topological polar surface area (TPSA) is 53.7 Å². The zero-order chi connectivity index (χ0) is 12.0. The smallest absolute Gasteiger partial charge is 0.162 e. The lowest BCUT2D eigenvalue weighted by Crippen LogP contribution is -1.97. The highest BCUT2D eigenvalue weighted by molar-refractivity contribution is 7.99. The van der Waals surface area contributed by atoms with E-state index in [1.165, 1.54) is 0 Å². The van der Waals surface area contributed by atoms with E-state index in [1.807, 2.05) is 6.07 Å². The van der Waals surface area contributed by atoms with Crippen molar-refractivity contribution in [1.29, 1.82) is 0 Å². The molecule has 0 radical (unpaired) electrons. The fourth-order valence-corrected chi connectivity index (χ4v) is 2.12. The van der Waals surface area contributed by atoms with Crippen LogP contribution in [0.5, 0.6) is 11.5 Å². The maximum absolute atomic E-state index is 5.91. The maximum Gasteiger partial charge on any atom is 0.162 e. The standard InChI is InChI=1S/C11H17NO3S/c1-13-4-5-16-11-7-10(15-3)9(14-2)6-8(11)12/h6-7H,4-5,12H2,1-3H3. The molecule has 0 aliphatic heterocycles. The average molecular weight is 243 g/mol. The Morgan fingerprint density at radius 1 is 1.12 bits per heavy atom. The van der Waals surface area contributed by atoms with Crippen LogP contribution in [-0.2, 0) is 4.74 Å². The third-order valence-corrected chi connectivity index (χ3v) is 3.10. The van der Waals surface area contributed by atoms with Crippen LogP contribution in [0.25, 0.3) is 0 Å². The Morgan fingerprint density at radius 2 is 1.75 bits per heavy atom. The Bertz CT molecular complexity index is 344. The fourth-order valence-electron chi connectivity index (χ4n) is 1.24. The number of benzene rings is 1. The van der Waals surface area contributed by atoms with Gasteiger partial charge < -0.3 is 19.9 Å². The number of nitrogen functional groups attached to an aromatic ring is 1. The van der Waals surface area contributed by atoms with Crippen LogP contribution in [0, 0.1) is 0 Å². The second-order valence-corrected chi connectivity index (χ2v) is 4.22. The molecule has 0 saturated carbocycles. The lowest BCUT2D eigenvalue weighted by Gasteiger charge is -2.11. The minimum absolute atomic E-state index is 0.649. The number of hydrogen-bond acceptors (Lipinski definition) is 5. The zero-order valence-corrected chi connectivity index (χ0v) is 10.6. The molecule has 0 atom stereocenters. The number of rotatable bonds is 6. The van der Waals surface area contributed by atoms with E-state index >= 15 is 0 Å². The average Bonchev–Trinajstić information content (AvgIpc) is 2.31. The van der Waals surface area contributed by atoms with Gasteiger partial charge in [-0.05, 0) is 6.07 Å². The highest BCUT2D eigenvalue weighted by Crippen LogP contribution is 2.36. The van der Waals surface area contributed by atoms with E-state index in [0.717, 1.165) is 10.6 Å². The summed E-state index contributed by atoms with van der Waals surface area (Å²) in [5, 5.41) is 0. The number of methoxy groups -OCH3 is 3. The molecule has 16 heavy (non-hydrogen) atoms. The molecule has 90 valence electrons. The van der Waals surface area contributed by atoms with Gasteiger partial charge in [0.2, 0.25) is 0 Å². The van der Waals surface area contributed by atoms with Gasteiger partial charge in [-0.25, -0.2) is 0 Å². The predicted molar refractivity (Wildman–Crippen MR) is 66.6 cm³/mol. The Kier molecular flexibility index (Phi) is 5.28.